The molecule has 1 aromatic carbocycles. The van der Waals surface area contributed by atoms with Crippen LogP contribution >= 0.6 is 24.0 Å². The Balaban J connectivity index is 0.00000147. The van der Waals surface area contributed by atoms with Crippen molar-refractivity contribution in [3.05, 3.63) is 52.7 Å². The summed E-state index contributed by atoms with van der Waals surface area (Å²) < 4.78 is 5.85. The van der Waals surface area contributed by atoms with Gasteiger partial charge < -0.3 is 9.73 Å². The molecule has 1 unspecified atom stereocenters. The molecule has 0 amide bonds. The maximum absolute atomic E-state index is 5.88. The van der Waals surface area contributed by atoms with Crippen molar-refractivity contribution >= 4 is 24.0 Å². The summed E-state index contributed by atoms with van der Waals surface area (Å²) in [6.45, 7) is 1.06. The Morgan fingerprint density at radius 1 is 1.25 bits per heavy atom. The lowest BCUT2D eigenvalue weighted by Gasteiger charge is -2.20. The van der Waals surface area contributed by atoms with Crippen LogP contribution in [0.2, 0.25) is 5.02 Å². The van der Waals surface area contributed by atoms with Gasteiger partial charge in [0.2, 0.25) is 5.89 Å². The highest BCUT2D eigenvalue weighted by molar-refractivity contribution is 6.30. The Labute approximate surface area is 130 Å². The van der Waals surface area contributed by atoms with Gasteiger partial charge in [-0.05, 0) is 37.1 Å². The normalized spacial score (nSPS) is 18.6. The lowest BCUT2D eigenvalue weighted by molar-refractivity contribution is 0.331. The van der Waals surface area contributed by atoms with E-state index in [1.54, 1.807) is 0 Å². The molecule has 0 saturated carbocycles. The highest BCUT2D eigenvalue weighted by atomic mass is 35.5. The van der Waals surface area contributed by atoms with E-state index in [1.165, 1.54) is 18.4 Å². The summed E-state index contributed by atoms with van der Waals surface area (Å²) >= 11 is 5.88. The van der Waals surface area contributed by atoms with Gasteiger partial charge in [0.15, 0.2) is 0 Å². The van der Waals surface area contributed by atoms with Gasteiger partial charge in [0.25, 0.3) is 0 Å². The van der Waals surface area contributed by atoms with Crippen LogP contribution in [0.4, 0.5) is 0 Å². The first-order valence-corrected chi connectivity index (χ1v) is 7.11. The fourth-order valence-electron chi connectivity index (χ4n) is 2.43. The second kappa shape index (κ2) is 7.11. The van der Waals surface area contributed by atoms with Crippen LogP contribution in [0.5, 0.6) is 0 Å². The minimum absolute atomic E-state index is 0. The number of rotatable bonds is 3. The van der Waals surface area contributed by atoms with Gasteiger partial charge in [-0.25, -0.2) is 4.98 Å². The number of benzene rings is 1. The zero-order valence-electron chi connectivity index (χ0n) is 11.1. The van der Waals surface area contributed by atoms with Gasteiger partial charge in [-0.3, -0.25) is 0 Å². The minimum Gasteiger partial charge on any atom is -0.444 e. The average molecular weight is 313 g/mol. The Kier molecular flexibility index (Phi) is 5.46. The summed E-state index contributed by atoms with van der Waals surface area (Å²) in [7, 11) is 0. The van der Waals surface area contributed by atoms with Crippen LogP contribution < -0.4 is 5.32 Å². The number of aromatic nitrogens is 1. The molecule has 1 atom stereocenters. The smallest absolute Gasteiger partial charge is 0.211 e. The second-order valence-electron chi connectivity index (χ2n) is 4.97. The molecule has 108 valence electrons. The third kappa shape index (κ3) is 3.75. The van der Waals surface area contributed by atoms with Crippen molar-refractivity contribution in [2.75, 3.05) is 6.54 Å². The van der Waals surface area contributed by atoms with Gasteiger partial charge >= 0.3 is 0 Å². The fourth-order valence-corrected chi connectivity index (χ4v) is 2.56. The molecule has 20 heavy (non-hydrogen) atoms. The van der Waals surface area contributed by atoms with Crippen molar-refractivity contribution in [2.45, 2.75) is 31.7 Å². The summed E-state index contributed by atoms with van der Waals surface area (Å²) in [5.41, 5.74) is 1.18. The van der Waals surface area contributed by atoms with Crippen LogP contribution in [-0.4, -0.2) is 11.5 Å². The second-order valence-corrected chi connectivity index (χ2v) is 5.41. The van der Waals surface area contributed by atoms with E-state index >= 15 is 0 Å². The van der Waals surface area contributed by atoms with Gasteiger partial charge in [-0.1, -0.05) is 30.2 Å². The predicted molar refractivity (Wildman–Crippen MR) is 82.6 cm³/mol. The molecule has 2 heterocycles. The van der Waals surface area contributed by atoms with E-state index in [-0.39, 0.29) is 18.4 Å². The summed E-state index contributed by atoms with van der Waals surface area (Å²) in [5, 5.41) is 4.20. The lowest BCUT2D eigenvalue weighted by atomic mass is 10.1. The minimum atomic E-state index is 0. The average Bonchev–Trinajstić information content (AvgIpc) is 2.91. The van der Waals surface area contributed by atoms with Crippen LogP contribution in [0.3, 0.4) is 0 Å². The molecule has 3 nitrogen and oxygen atoms in total. The number of piperidine rings is 1. The molecule has 0 aliphatic carbocycles. The predicted octanol–water partition coefficient (Wildman–Crippen LogP) is 4.16. The van der Waals surface area contributed by atoms with Crippen LogP contribution in [-0.2, 0) is 6.42 Å². The first-order chi connectivity index (χ1) is 9.31. The van der Waals surface area contributed by atoms with E-state index in [0.29, 0.717) is 0 Å². The molecule has 1 saturated heterocycles. The summed E-state index contributed by atoms with van der Waals surface area (Å²) in [6.07, 6.45) is 6.19. The maximum atomic E-state index is 5.88. The quantitative estimate of drug-likeness (QED) is 0.925. The van der Waals surface area contributed by atoms with Crippen LogP contribution in [0.1, 0.15) is 42.5 Å². The van der Waals surface area contributed by atoms with E-state index in [0.717, 1.165) is 36.1 Å². The molecule has 3 rings (SSSR count). The Morgan fingerprint density at radius 2 is 2.05 bits per heavy atom. The van der Waals surface area contributed by atoms with Crippen LogP contribution in [0.25, 0.3) is 0 Å². The van der Waals surface area contributed by atoms with Crippen molar-refractivity contribution in [2.24, 2.45) is 0 Å². The number of nitrogens with one attached hydrogen (secondary N) is 1. The molecule has 1 N–H and O–H groups in total. The molecule has 1 aromatic heterocycles. The van der Waals surface area contributed by atoms with E-state index < -0.39 is 0 Å². The molecule has 2 aromatic rings. The first-order valence-electron chi connectivity index (χ1n) is 6.74. The largest absolute Gasteiger partial charge is 0.444 e. The van der Waals surface area contributed by atoms with E-state index in [2.05, 4.69) is 10.3 Å². The first kappa shape index (κ1) is 15.4. The molecule has 0 spiro atoms. The van der Waals surface area contributed by atoms with E-state index in [4.69, 9.17) is 16.0 Å². The number of hydrogen-bond donors (Lipinski definition) is 1. The number of oxazole rings is 1. The SMILES string of the molecule is Cl.Clc1ccc(Cc2cnc(C3CCCCN3)o2)cc1. The standard InChI is InChI=1S/C15H17ClN2O.ClH/c16-12-6-4-11(5-7-12)9-13-10-18-15(19-13)14-3-1-2-8-17-14;/h4-7,10,14,17H,1-3,8-9H2;1H. The summed E-state index contributed by atoms with van der Waals surface area (Å²) in [4.78, 5) is 4.40. The molecule has 1 aliphatic rings. The summed E-state index contributed by atoms with van der Waals surface area (Å²) in [6, 6.07) is 8.12. The Morgan fingerprint density at radius 3 is 2.75 bits per heavy atom. The lowest BCUT2D eigenvalue weighted by Crippen LogP contribution is -2.26. The van der Waals surface area contributed by atoms with Gasteiger partial charge in [0.05, 0.1) is 12.2 Å². The Bertz CT molecular complexity index is 533. The summed E-state index contributed by atoms with van der Waals surface area (Å²) in [5.74, 6) is 1.73. The fraction of sp³-hybridized carbons (Fsp3) is 0.400. The van der Waals surface area contributed by atoms with Gasteiger partial charge in [-0.15, -0.1) is 12.4 Å². The third-order valence-electron chi connectivity index (χ3n) is 3.47. The zero-order valence-corrected chi connectivity index (χ0v) is 12.7. The van der Waals surface area contributed by atoms with Crippen LogP contribution in [0, 0.1) is 0 Å². The molecule has 5 heteroatoms. The topological polar surface area (TPSA) is 38.1 Å². The molecule has 1 aliphatic heterocycles. The van der Waals surface area contributed by atoms with Crippen molar-refractivity contribution in [3.63, 3.8) is 0 Å². The molecule has 1 fully saturated rings. The van der Waals surface area contributed by atoms with Crippen LogP contribution in [0.15, 0.2) is 34.9 Å². The van der Waals surface area contributed by atoms with Gasteiger partial charge in [0, 0.05) is 11.4 Å². The van der Waals surface area contributed by atoms with Crippen molar-refractivity contribution in [1.82, 2.24) is 10.3 Å². The van der Waals surface area contributed by atoms with Crippen molar-refractivity contribution in [3.8, 4) is 0 Å². The van der Waals surface area contributed by atoms with Gasteiger partial charge in [0.1, 0.15) is 5.76 Å². The molecule has 0 radical (unpaired) electrons. The molecule has 0 bridgehead atoms. The maximum Gasteiger partial charge on any atom is 0.211 e. The van der Waals surface area contributed by atoms with Crippen molar-refractivity contribution in [1.29, 1.82) is 0 Å². The highest BCUT2D eigenvalue weighted by Gasteiger charge is 2.19. The van der Waals surface area contributed by atoms with E-state index in [1.807, 2.05) is 30.5 Å². The monoisotopic (exact) mass is 312 g/mol. The molecular formula is C15H18Cl2N2O. The Hall–Kier alpha value is -1.03. The van der Waals surface area contributed by atoms with Crippen molar-refractivity contribution < 1.29 is 4.42 Å². The van der Waals surface area contributed by atoms with E-state index in [9.17, 15) is 0 Å². The number of nitrogens with zero attached hydrogens (tertiary/aromatic N) is 1. The molecular weight excluding hydrogens is 295 g/mol. The highest BCUT2D eigenvalue weighted by Crippen LogP contribution is 2.23. The number of hydrogen-bond acceptors (Lipinski definition) is 3. The third-order valence-corrected chi connectivity index (χ3v) is 3.72. The van der Waals surface area contributed by atoms with Gasteiger partial charge in [-0.2, -0.15) is 0 Å². The number of halogens is 2. The zero-order chi connectivity index (χ0) is 13.1.